The van der Waals surface area contributed by atoms with E-state index in [-0.39, 0.29) is 11.9 Å². The average molecular weight is 394 g/mol. The maximum atomic E-state index is 12.6. The van der Waals surface area contributed by atoms with E-state index >= 15 is 0 Å². The van der Waals surface area contributed by atoms with Gasteiger partial charge in [-0.3, -0.25) is 4.79 Å². The van der Waals surface area contributed by atoms with Crippen LogP contribution in [0.1, 0.15) is 16.8 Å². The zero-order valence-electron chi connectivity index (χ0n) is 14.4. The molecule has 0 radical (unpaired) electrons. The van der Waals surface area contributed by atoms with Gasteiger partial charge in [-0.2, -0.15) is 11.3 Å². The lowest BCUT2D eigenvalue weighted by molar-refractivity contribution is 0.0763. The molecule has 2 aromatic rings. The summed E-state index contributed by atoms with van der Waals surface area (Å²) in [5.74, 6) is 0.650. The normalized spacial score (nSPS) is 14.7. The molecule has 3 rings (SSSR count). The monoisotopic (exact) mass is 393 g/mol. The fraction of sp³-hybridized carbons (Fsp3) is 0.333. The number of amides is 3. The Balaban J connectivity index is 1.60. The van der Waals surface area contributed by atoms with E-state index < -0.39 is 0 Å². The molecule has 1 aromatic carbocycles. The number of nitrogens with one attached hydrogen (secondary N) is 1. The number of hydrogen-bond donors (Lipinski definition) is 1. The highest BCUT2D eigenvalue weighted by Crippen LogP contribution is 2.27. The first-order chi connectivity index (χ1) is 12.6. The van der Waals surface area contributed by atoms with Crippen LogP contribution in [-0.2, 0) is 0 Å². The number of nitrogens with zero attached hydrogens (tertiary/aromatic N) is 2. The van der Waals surface area contributed by atoms with E-state index in [1.165, 1.54) is 11.3 Å². The highest BCUT2D eigenvalue weighted by atomic mass is 35.5. The maximum Gasteiger partial charge on any atom is 0.321 e. The van der Waals surface area contributed by atoms with Crippen molar-refractivity contribution in [1.29, 1.82) is 0 Å². The van der Waals surface area contributed by atoms with E-state index in [0.29, 0.717) is 48.2 Å². The Morgan fingerprint density at radius 1 is 1.15 bits per heavy atom. The quantitative estimate of drug-likeness (QED) is 0.862. The summed E-state index contributed by atoms with van der Waals surface area (Å²) in [6, 6.07) is 6.71. The summed E-state index contributed by atoms with van der Waals surface area (Å²) in [6.45, 7) is 2.22. The Bertz CT molecular complexity index is 782. The lowest BCUT2D eigenvalue weighted by atomic mass is 10.3. The molecule has 0 spiro atoms. The molecular weight excluding hydrogens is 374 g/mol. The zero-order valence-corrected chi connectivity index (χ0v) is 16.0. The largest absolute Gasteiger partial charge is 0.497 e. The van der Waals surface area contributed by atoms with Crippen LogP contribution in [0.5, 0.6) is 5.75 Å². The standard InChI is InChI=1S/C18H20ClN3O3S/c1-25-14-3-4-16(15(19)11-14)20-18(24)22-7-2-6-21(8-9-22)17(23)13-5-10-26-12-13/h3-5,10-12H,2,6-9H2,1H3,(H,20,24). The Kier molecular flexibility index (Phi) is 6.00. The van der Waals surface area contributed by atoms with Crippen LogP contribution in [0.15, 0.2) is 35.0 Å². The number of urea groups is 1. The third-order valence-electron chi connectivity index (χ3n) is 4.26. The van der Waals surface area contributed by atoms with E-state index in [2.05, 4.69) is 5.32 Å². The highest BCUT2D eigenvalue weighted by Gasteiger charge is 2.23. The predicted octanol–water partition coefficient (Wildman–Crippen LogP) is 3.79. The molecule has 138 valence electrons. The fourth-order valence-corrected chi connectivity index (χ4v) is 3.66. The molecule has 8 heteroatoms. The summed E-state index contributed by atoms with van der Waals surface area (Å²) in [5, 5.41) is 6.99. The van der Waals surface area contributed by atoms with E-state index in [0.717, 1.165) is 6.42 Å². The van der Waals surface area contributed by atoms with Crippen molar-refractivity contribution >= 4 is 40.6 Å². The molecule has 0 aliphatic carbocycles. The summed E-state index contributed by atoms with van der Waals surface area (Å²) in [4.78, 5) is 28.5. The average Bonchev–Trinajstić information content (AvgIpc) is 3.07. The van der Waals surface area contributed by atoms with Crippen LogP contribution in [0.4, 0.5) is 10.5 Å². The van der Waals surface area contributed by atoms with Gasteiger partial charge in [-0.15, -0.1) is 0 Å². The summed E-state index contributed by atoms with van der Waals surface area (Å²) in [6.07, 6.45) is 0.736. The van der Waals surface area contributed by atoms with Crippen molar-refractivity contribution in [3.63, 3.8) is 0 Å². The molecule has 0 unspecified atom stereocenters. The molecule has 1 saturated heterocycles. The number of halogens is 1. The van der Waals surface area contributed by atoms with Gasteiger partial charge in [0.1, 0.15) is 5.75 Å². The summed E-state index contributed by atoms with van der Waals surface area (Å²) < 4.78 is 5.11. The topological polar surface area (TPSA) is 61.9 Å². The molecule has 0 bridgehead atoms. The van der Waals surface area contributed by atoms with Crippen LogP contribution in [0, 0.1) is 0 Å². The third-order valence-corrected chi connectivity index (χ3v) is 5.25. The Labute approximate surface area is 161 Å². The van der Waals surface area contributed by atoms with Gasteiger partial charge in [-0.25, -0.2) is 4.79 Å². The second-order valence-corrected chi connectivity index (χ2v) is 7.11. The summed E-state index contributed by atoms with van der Waals surface area (Å²) in [5.41, 5.74) is 1.24. The Morgan fingerprint density at radius 2 is 1.92 bits per heavy atom. The van der Waals surface area contributed by atoms with Gasteiger partial charge in [-0.05, 0) is 30.0 Å². The van der Waals surface area contributed by atoms with Gasteiger partial charge < -0.3 is 19.9 Å². The number of anilines is 1. The number of ether oxygens (including phenoxy) is 1. The second kappa shape index (κ2) is 8.42. The van der Waals surface area contributed by atoms with Crippen molar-refractivity contribution in [3.05, 3.63) is 45.6 Å². The smallest absolute Gasteiger partial charge is 0.321 e. The molecule has 1 fully saturated rings. The maximum absolute atomic E-state index is 12.6. The first-order valence-corrected chi connectivity index (χ1v) is 9.61. The Hall–Kier alpha value is -2.25. The SMILES string of the molecule is COc1ccc(NC(=O)N2CCCN(C(=O)c3ccsc3)CC2)c(Cl)c1. The van der Waals surface area contributed by atoms with Crippen molar-refractivity contribution < 1.29 is 14.3 Å². The van der Waals surface area contributed by atoms with Gasteiger partial charge in [0.25, 0.3) is 5.91 Å². The van der Waals surface area contributed by atoms with Crippen LogP contribution in [-0.4, -0.2) is 55.0 Å². The van der Waals surface area contributed by atoms with Crippen LogP contribution >= 0.6 is 22.9 Å². The minimum atomic E-state index is -0.220. The predicted molar refractivity (Wildman–Crippen MR) is 103 cm³/mol. The number of thiophene rings is 1. The molecule has 1 N–H and O–H groups in total. The molecule has 0 atom stereocenters. The molecule has 1 aliphatic heterocycles. The Morgan fingerprint density at radius 3 is 2.62 bits per heavy atom. The number of rotatable bonds is 3. The van der Waals surface area contributed by atoms with E-state index in [4.69, 9.17) is 16.3 Å². The molecule has 6 nitrogen and oxygen atoms in total. The van der Waals surface area contributed by atoms with Crippen molar-refractivity contribution in [2.24, 2.45) is 0 Å². The summed E-state index contributed by atoms with van der Waals surface area (Å²) in [7, 11) is 1.56. The zero-order chi connectivity index (χ0) is 18.5. The molecule has 2 heterocycles. The minimum Gasteiger partial charge on any atom is -0.497 e. The molecule has 1 aromatic heterocycles. The van der Waals surface area contributed by atoms with Gasteiger partial charge in [-0.1, -0.05) is 11.6 Å². The van der Waals surface area contributed by atoms with Crippen molar-refractivity contribution in [1.82, 2.24) is 9.80 Å². The first-order valence-electron chi connectivity index (χ1n) is 8.29. The number of methoxy groups -OCH3 is 1. The molecule has 1 aliphatic rings. The number of carbonyl (C=O) groups is 2. The summed E-state index contributed by atoms with van der Waals surface area (Å²) >= 11 is 7.68. The van der Waals surface area contributed by atoms with Crippen LogP contribution in [0.25, 0.3) is 0 Å². The van der Waals surface area contributed by atoms with Crippen LogP contribution in [0.3, 0.4) is 0 Å². The molecule has 0 saturated carbocycles. The van der Waals surface area contributed by atoms with Crippen molar-refractivity contribution in [2.45, 2.75) is 6.42 Å². The van der Waals surface area contributed by atoms with Gasteiger partial charge in [0.05, 0.1) is 23.4 Å². The first kappa shape index (κ1) is 18.5. The lowest BCUT2D eigenvalue weighted by Crippen LogP contribution is -2.39. The second-order valence-electron chi connectivity index (χ2n) is 5.92. The van der Waals surface area contributed by atoms with E-state index in [9.17, 15) is 9.59 Å². The van der Waals surface area contributed by atoms with Crippen molar-refractivity contribution in [3.8, 4) is 5.75 Å². The van der Waals surface area contributed by atoms with Crippen LogP contribution in [0.2, 0.25) is 5.02 Å². The fourth-order valence-electron chi connectivity index (χ4n) is 2.81. The highest BCUT2D eigenvalue weighted by molar-refractivity contribution is 7.08. The van der Waals surface area contributed by atoms with Gasteiger partial charge in [0.15, 0.2) is 0 Å². The van der Waals surface area contributed by atoms with Gasteiger partial charge >= 0.3 is 6.03 Å². The lowest BCUT2D eigenvalue weighted by Gasteiger charge is -2.22. The van der Waals surface area contributed by atoms with E-state index in [1.807, 2.05) is 16.8 Å². The van der Waals surface area contributed by atoms with Gasteiger partial charge in [0.2, 0.25) is 0 Å². The van der Waals surface area contributed by atoms with E-state index in [1.54, 1.807) is 35.1 Å². The minimum absolute atomic E-state index is 0.0201. The number of carbonyl (C=O) groups excluding carboxylic acids is 2. The van der Waals surface area contributed by atoms with Crippen LogP contribution < -0.4 is 10.1 Å². The van der Waals surface area contributed by atoms with Gasteiger partial charge in [0, 0.05) is 37.6 Å². The molecule has 26 heavy (non-hydrogen) atoms. The number of hydrogen-bond acceptors (Lipinski definition) is 4. The third kappa shape index (κ3) is 4.28. The molecular formula is C18H20ClN3O3S. The van der Waals surface area contributed by atoms with Crippen molar-refractivity contribution in [2.75, 3.05) is 38.6 Å². The number of benzene rings is 1. The molecule has 3 amide bonds.